The second-order valence-corrected chi connectivity index (χ2v) is 8.90. The fourth-order valence-corrected chi connectivity index (χ4v) is 4.58. The van der Waals surface area contributed by atoms with Crippen molar-refractivity contribution < 1.29 is 9.32 Å². The highest BCUT2D eigenvalue weighted by molar-refractivity contribution is 7.13. The molecule has 5 rings (SSSR count). The Hall–Kier alpha value is -3.30. The molecular formula is C23H24N6O2S. The van der Waals surface area contributed by atoms with Crippen LogP contribution in [0, 0.1) is 13.8 Å². The molecule has 0 spiro atoms. The highest BCUT2D eigenvalue weighted by Crippen LogP contribution is 2.22. The van der Waals surface area contributed by atoms with E-state index in [-0.39, 0.29) is 5.91 Å². The largest absolute Gasteiger partial charge is 0.338 e. The van der Waals surface area contributed by atoms with Gasteiger partial charge in [0, 0.05) is 26.2 Å². The van der Waals surface area contributed by atoms with Crippen molar-refractivity contribution in [3.63, 3.8) is 0 Å². The first-order valence-electron chi connectivity index (χ1n) is 10.6. The number of carbonyl (C=O) groups excluding carboxylic acids is 1. The molecule has 1 saturated heterocycles. The van der Waals surface area contributed by atoms with Crippen LogP contribution in [0.25, 0.3) is 16.4 Å². The first-order valence-corrected chi connectivity index (χ1v) is 11.5. The molecule has 4 aromatic rings. The zero-order chi connectivity index (χ0) is 22.1. The quantitative estimate of drug-likeness (QED) is 0.464. The van der Waals surface area contributed by atoms with Gasteiger partial charge < -0.3 is 9.42 Å². The van der Waals surface area contributed by atoms with Crippen LogP contribution in [0.4, 0.5) is 0 Å². The third-order valence-electron chi connectivity index (χ3n) is 5.71. The van der Waals surface area contributed by atoms with Crippen LogP contribution in [0.3, 0.4) is 0 Å². The van der Waals surface area contributed by atoms with Crippen LogP contribution in [0.15, 0.2) is 52.5 Å². The van der Waals surface area contributed by atoms with Crippen molar-refractivity contribution >= 4 is 17.2 Å². The summed E-state index contributed by atoms with van der Waals surface area (Å²) in [5.41, 5.74) is 3.63. The van der Waals surface area contributed by atoms with E-state index in [0.29, 0.717) is 36.9 Å². The van der Waals surface area contributed by atoms with E-state index < -0.39 is 0 Å². The number of rotatable bonds is 5. The molecule has 32 heavy (non-hydrogen) atoms. The molecule has 1 aromatic carbocycles. The smallest absolute Gasteiger partial charge is 0.257 e. The fraction of sp³-hybridized carbons (Fsp3) is 0.304. The molecule has 1 amide bonds. The van der Waals surface area contributed by atoms with Crippen molar-refractivity contribution in [2.75, 3.05) is 26.2 Å². The average Bonchev–Trinajstić information content (AvgIpc) is 3.55. The number of aryl methyl sites for hydroxylation is 1. The minimum atomic E-state index is 0.0267. The van der Waals surface area contributed by atoms with Crippen LogP contribution in [0.5, 0.6) is 0 Å². The zero-order valence-electron chi connectivity index (χ0n) is 18.1. The number of carbonyl (C=O) groups is 1. The second-order valence-electron chi connectivity index (χ2n) is 7.95. The van der Waals surface area contributed by atoms with Gasteiger partial charge in [-0.1, -0.05) is 23.4 Å². The summed E-state index contributed by atoms with van der Waals surface area (Å²) in [6.07, 6.45) is 1.68. The van der Waals surface area contributed by atoms with Crippen LogP contribution >= 0.6 is 11.3 Å². The van der Waals surface area contributed by atoms with Crippen molar-refractivity contribution in [2.45, 2.75) is 20.4 Å². The number of aromatic nitrogens is 4. The summed E-state index contributed by atoms with van der Waals surface area (Å²) >= 11 is 1.59. The Balaban J connectivity index is 1.21. The van der Waals surface area contributed by atoms with Gasteiger partial charge in [-0.15, -0.1) is 11.3 Å². The zero-order valence-corrected chi connectivity index (χ0v) is 18.9. The summed E-state index contributed by atoms with van der Waals surface area (Å²) < 4.78 is 7.25. The summed E-state index contributed by atoms with van der Waals surface area (Å²) in [7, 11) is 0. The molecular weight excluding hydrogens is 424 g/mol. The molecule has 9 heteroatoms. The van der Waals surface area contributed by atoms with E-state index in [9.17, 15) is 4.79 Å². The average molecular weight is 449 g/mol. The molecule has 0 N–H and O–H groups in total. The van der Waals surface area contributed by atoms with Crippen LogP contribution in [-0.2, 0) is 6.54 Å². The number of benzene rings is 1. The van der Waals surface area contributed by atoms with E-state index in [1.165, 1.54) is 0 Å². The molecule has 4 heterocycles. The molecule has 164 valence electrons. The lowest BCUT2D eigenvalue weighted by molar-refractivity contribution is 0.0614. The Bertz CT molecular complexity index is 1220. The van der Waals surface area contributed by atoms with E-state index in [2.05, 4.69) is 26.2 Å². The van der Waals surface area contributed by atoms with Crippen molar-refractivity contribution in [1.82, 2.24) is 29.7 Å². The van der Waals surface area contributed by atoms with Gasteiger partial charge in [0.05, 0.1) is 34.6 Å². The summed E-state index contributed by atoms with van der Waals surface area (Å²) in [5.74, 6) is 1.26. The van der Waals surface area contributed by atoms with Crippen LogP contribution in [0.1, 0.15) is 27.5 Å². The maximum absolute atomic E-state index is 13.1. The molecule has 3 aromatic heterocycles. The minimum absolute atomic E-state index is 0.0267. The van der Waals surface area contributed by atoms with E-state index in [4.69, 9.17) is 4.52 Å². The predicted octanol–water partition coefficient (Wildman–Crippen LogP) is 3.56. The van der Waals surface area contributed by atoms with E-state index in [0.717, 1.165) is 34.9 Å². The highest BCUT2D eigenvalue weighted by atomic mass is 32.1. The lowest BCUT2D eigenvalue weighted by atomic mass is 10.2. The van der Waals surface area contributed by atoms with Crippen molar-refractivity contribution in [2.24, 2.45) is 0 Å². The molecule has 1 aliphatic rings. The first-order chi connectivity index (χ1) is 15.6. The number of amides is 1. The number of piperazine rings is 1. The first kappa shape index (κ1) is 20.6. The number of thiophene rings is 1. The normalized spacial score (nSPS) is 14.8. The van der Waals surface area contributed by atoms with Gasteiger partial charge in [0.1, 0.15) is 0 Å². The molecule has 0 radical (unpaired) electrons. The summed E-state index contributed by atoms with van der Waals surface area (Å²) in [6, 6.07) is 12.1. The van der Waals surface area contributed by atoms with E-state index >= 15 is 0 Å². The maximum atomic E-state index is 13.1. The Kier molecular flexibility index (Phi) is 5.59. The summed E-state index contributed by atoms with van der Waals surface area (Å²) in [5, 5.41) is 10.5. The third-order valence-corrected chi connectivity index (χ3v) is 6.58. The van der Waals surface area contributed by atoms with E-state index in [1.807, 2.05) is 59.1 Å². The molecule has 1 fully saturated rings. The molecule has 0 aliphatic carbocycles. The lowest BCUT2D eigenvalue weighted by Crippen LogP contribution is -2.48. The molecule has 0 saturated carbocycles. The Morgan fingerprint density at radius 3 is 2.72 bits per heavy atom. The van der Waals surface area contributed by atoms with Gasteiger partial charge in [-0.3, -0.25) is 9.69 Å². The van der Waals surface area contributed by atoms with Crippen LogP contribution in [0.2, 0.25) is 0 Å². The second kappa shape index (κ2) is 8.68. The van der Waals surface area contributed by atoms with Gasteiger partial charge in [-0.2, -0.15) is 10.1 Å². The maximum Gasteiger partial charge on any atom is 0.257 e. The van der Waals surface area contributed by atoms with E-state index in [1.54, 1.807) is 17.5 Å². The van der Waals surface area contributed by atoms with Crippen molar-refractivity contribution in [3.8, 4) is 16.4 Å². The Morgan fingerprint density at radius 2 is 1.97 bits per heavy atom. The van der Waals surface area contributed by atoms with Gasteiger partial charge >= 0.3 is 0 Å². The van der Waals surface area contributed by atoms with Crippen LogP contribution < -0.4 is 0 Å². The SMILES string of the molecule is Cc1cccc(-n2ncc(C(=O)N3CCN(Cc4nc(-c5cccs5)no4)CC3)c2C)c1. The molecule has 0 bridgehead atoms. The highest BCUT2D eigenvalue weighted by Gasteiger charge is 2.26. The van der Waals surface area contributed by atoms with Gasteiger partial charge in [-0.25, -0.2) is 4.68 Å². The Labute approximate surface area is 190 Å². The van der Waals surface area contributed by atoms with Gasteiger partial charge in [0.25, 0.3) is 5.91 Å². The monoisotopic (exact) mass is 448 g/mol. The summed E-state index contributed by atoms with van der Waals surface area (Å²) in [6.45, 7) is 7.40. The fourth-order valence-electron chi connectivity index (χ4n) is 3.94. The third kappa shape index (κ3) is 4.09. The number of nitrogens with zero attached hydrogens (tertiary/aromatic N) is 6. The number of hydrogen-bond acceptors (Lipinski definition) is 7. The molecule has 0 atom stereocenters. The standard InChI is InChI=1S/C23H24N6O2S/c1-16-5-3-6-18(13-16)29-17(2)19(14-24-29)23(30)28-10-8-27(9-11-28)15-21-25-22(26-31-21)20-7-4-12-32-20/h3-7,12-14H,8-11,15H2,1-2H3. The minimum Gasteiger partial charge on any atom is -0.338 e. The van der Waals surface area contributed by atoms with Gasteiger partial charge in [0.2, 0.25) is 11.7 Å². The molecule has 0 unspecified atom stereocenters. The van der Waals surface area contributed by atoms with Gasteiger partial charge in [0.15, 0.2) is 0 Å². The predicted molar refractivity (Wildman–Crippen MR) is 122 cm³/mol. The summed E-state index contributed by atoms with van der Waals surface area (Å²) in [4.78, 5) is 22.8. The van der Waals surface area contributed by atoms with Crippen molar-refractivity contribution in [3.05, 3.63) is 70.7 Å². The number of hydrogen-bond donors (Lipinski definition) is 0. The Morgan fingerprint density at radius 1 is 1.12 bits per heavy atom. The van der Waals surface area contributed by atoms with Crippen LogP contribution in [-0.4, -0.2) is 61.8 Å². The van der Waals surface area contributed by atoms with Gasteiger partial charge in [-0.05, 0) is 43.0 Å². The molecule has 1 aliphatic heterocycles. The lowest BCUT2D eigenvalue weighted by Gasteiger charge is -2.33. The molecule has 8 nitrogen and oxygen atoms in total. The topological polar surface area (TPSA) is 80.3 Å². The van der Waals surface area contributed by atoms with Crippen molar-refractivity contribution in [1.29, 1.82) is 0 Å².